The van der Waals surface area contributed by atoms with Crippen molar-refractivity contribution >= 4 is 15.9 Å². The topological polar surface area (TPSA) is 29.5 Å². The molecule has 4 heteroatoms. The number of ether oxygens (including phenoxy) is 1. The number of aliphatic hydroxyl groups excluding tert-OH is 1. The largest absolute Gasteiger partial charge is 0.396 e. The van der Waals surface area contributed by atoms with Gasteiger partial charge in [-0.25, -0.2) is 4.39 Å². The maximum atomic E-state index is 12.3. The smallest absolute Gasteiger partial charge is 0.200 e. The third-order valence-corrected chi connectivity index (χ3v) is 1.49. The van der Waals surface area contributed by atoms with E-state index in [0.29, 0.717) is 6.61 Å². The average molecular weight is 215 g/mol. The minimum absolute atomic E-state index is 0.0717. The van der Waals surface area contributed by atoms with Gasteiger partial charge in [-0.05, 0) is 6.42 Å². The SMILES string of the molecule is OCCC(F)OCCCBr. The zero-order valence-electron chi connectivity index (χ0n) is 5.72. The van der Waals surface area contributed by atoms with E-state index >= 15 is 0 Å². The molecule has 62 valence electrons. The highest BCUT2D eigenvalue weighted by Crippen LogP contribution is 2.00. The standard InChI is InChI=1S/C6H12BrFO2/c7-3-1-5-10-6(8)2-4-9/h6,9H,1-5H2. The van der Waals surface area contributed by atoms with Gasteiger partial charge in [0.2, 0.25) is 6.36 Å². The van der Waals surface area contributed by atoms with Crippen molar-refractivity contribution in [3.63, 3.8) is 0 Å². The molecule has 1 N–H and O–H groups in total. The molecule has 2 nitrogen and oxygen atoms in total. The number of hydrogen-bond donors (Lipinski definition) is 1. The van der Waals surface area contributed by atoms with Crippen LogP contribution in [0, 0.1) is 0 Å². The summed E-state index contributed by atoms with van der Waals surface area (Å²) < 4.78 is 17.0. The van der Waals surface area contributed by atoms with Crippen LogP contribution in [0.2, 0.25) is 0 Å². The van der Waals surface area contributed by atoms with Crippen LogP contribution in [0.15, 0.2) is 0 Å². The molecule has 0 saturated heterocycles. The Morgan fingerprint density at radius 2 is 2.30 bits per heavy atom. The van der Waals surface area contributed by atoms with Gasteiger partial charge < -0.3 is 9.84 Å². The zero-order chi connectivity index (χ0) is 7.82. The first-order valence-electron chi connectivity index (χ1n) is 3.23. The molecule has 0 aliphatic rings. The van der Waals surface area contributed by atoms with Gasteiger partial charge in [0.05, 0.1) is 6.61 Å². The molecular weight excluding hydrogens is 203 g/mol. The van der Waals surface area contributed by atoms with Gasteiger partial charge in [0.15, 0.2) is 0 Å². The lowest BCUT2D eigenvalue weighted by Gasteiger charge is -2.06. The van der Waals surface area contributed by atoms with Crippen LogP contribution in [0.4, 0.5) is 4.39 Å². The monoisotopic (exact) mass is 214 g/mol. The highest BCUT2D eigenvalue weighted by Gasteiger charge is 2.03. The molecule has 0 aromatic carbocycles. The predicted molar refractivity (Wildman–Crippen MR) is 41.0 cm³/mol. The lowest BCUT2D eigenvalue weighted by molar-refractivity contribution is -0.0503. The van der Waals surface area contributed by atoms with E-state index in [9.17, 15) is 4.39 Å². The lowest BCUT2D eigenvalue weighted by Crippen LogP contribution is -2.09. The quantitative estimate of drug-likeness (QED) is 0.537. The Hall–Kier alpha value is 0.330. The molecule has 0 bridgehead atoms. The van der Waals surface area contributed by atoms with Crippen molar-refractivity contribution in [2.24, 2.45) is 0 Å². The van der Waals surface area contributed by atoms with Gasteiger partial charge >= 0.3 is 0 Å². The third-order valence-electron chi connectivity index (χ3n) is 0.933. The summed E-state index contributed by atoms with van der Waals surface area (Å²) in [6.07, 6.45) is -0.433. The second-order valence-corrected chi connectivity index (χ2v) is 2.63. The van der Waals surface area contributed by atoms with E-state index in [1.165, 1.54) is 0 Å². The van der Waals surface area contributed by atoms with Crippen molar-refractivity contribution in [2.75, 3.05) is 18.5 Å². The molecule has 0 aliphatic carbocycles. The molecular formula is C6H12BrFO2. The Morgan fingerprint density at radius 3 is 2.80 bits per heavy atom. The highest BCUT2D eigenvalue weighted by atomic mass is 79.9. The van der Waals surface area contributed by atoms with Gasteiger partial charge in [0.1, 0.15) is 0 Å². The molecule has 0 aromatic rings. The second-order valence-electron chi connectivity index (χ2n) is 1.84. The normalized spacial score (nSPS) is 13.5. The first-order chi connectivity index (χ1) is 4.81. The van der Waals surface area contributed by atoms with Crippen molar-refractivity contribution in [1.29, 1.82) is 0 Å². The summed E-state index contributed by atoms with van der Waals surface area (Å²) in [5.74, 6) is 0. The van der Waals surface area contributed by atoms with Gasteiger partial charge in [-0.2, -0.15) is 0 Å². The molecule has 0 saturated carbocycles. The van der Waals surface area contributed by atoms with E-state index in [-0.39, 0.29) is 13.0 Å². The summed E-state index contributed by atoms with van der Waals surface area (Å²) in [5, 5.41) is 9.08. The van der Waals surface area contributed by atoms with Crippen LogP contribution in [0.5, 0.6) is 0 Å². The minimum atomic E-state index is -1.30. The van der Waals surface area contributed by atoms with Gasteiger partial charge in [0, 0.05) is 18.4 Å². The van der Waals surface area contributed by atoms with Crippen molar-refractivity contribution in [2.45, 2.75) is 19.2 Å². The third kappa shape index (κ3) is 6.45. The molecule has 0 spiro atoms. The van der Waals surface area contributed by atoms with E-state index in [2.05, 4.69) is 20.7 Å². The number of hydrogen-bond acceptors (Lipinski definition) is 2. The van der Waals surface area contributed by atoms with Crippen LogP contribution in [-0.2, 0) is 4.74 Å². The molecule has 0 aromatic heterocycles. The first kappa shape index (κ1) is 10.3. The van der Waals surface area contributed by atoms with Gasteiger partial charge in [-0.3, -0.25) is 0 Å². The van der Waals surface area contributed by atoms with Crippen LogP contribution in [0.3, 0.4) is 0 Å². The molecule has 0 radical (unpaired) electrons. The Kier molecular flexibility index (Phi) is 7.68. The number of alkyl halides is 2. The van der Waals surface area contributed by atoms with Crippen molar-refractivity contribution < 1.29 is 14.2 Å². The average Bonchev–Trinajstić information content (AvgIpc) is 1.89. The molecule has 1 unspecified atom stereocenters. The van der Waals surface area contributed by atoms with Crippen LogP contribution < -0.4 is 0 Å². The molecule has 0 amide bonds. The highest BCUT2D eigenvalue weighted by molar-refractivity contribution is 9.09. The maximum Gasteiger partial charge on any atom is 0.200 e. The van der Waals surface area contributed by atoms with E-state index < -0.39 is 6.36 Å². The lowest BCUT2D eigenvalue weighted by atomic mass is 10.4. The first-order valence-corrected chi connectivity index (χ1v) is 4.36. The van der Waals surface area contributed by atoms with Gasteiger partial charge in [-0.15, -0.1) is 0 Å². The molecule has 0 rings (SSSR count). The summed E-state index contributed by atoms with van der Waals surface area (Å²) >= 11 is 3.19. The van der Waals surface area contributed by atoms with Crippen molar-refractivity contribution in [3.05, 3.63) is 0 Å². The molecule has 1 atom stereocenters. The molecule has 0 aliphatic heterocycles. The van der Waals surface area contributed by atoms with Crippen molar-refractivity contribution in [3.8, 4) is 0 Å². The zero-order valence-corrected chi connectivity index (χ0v) is 7.31. The second kappa shape index (κ2) is 7.44. The number of halogens is 2. The Labute approximate surface area is 68.5 Å². The fourth-order valence-corrected chi connectivity index (χ4v) is 0.680. The summed E-state index contributed by atoms with van der Waals surface area (Å²) in [5.41, 5.74) is 0. The van der Waals surface area contributed by atoms with E-state index in [0.717, 1.165) is 11.8 Å². The summed E-state index contributed by atoms with van der Waals surface area (Å²) in [4.78, 5) is 0. The Balaban J connectivity index is 2.97. The van der Waals surface area contributed by atoms with E-state index in [4.69, 9.17) is 5.11 Å². The fourth-order valence-electron chi connectivity index (χ4n) is 0.451. The maximum absolute atomic E-state index is 12.3. The molecule has 0 fully saturated rings. The van der Waals surface area contributed by atoms with E-state index in [1.807, 2.05) is 0 Å². The van der Waals surface area contributed by atoms with Crippen LogP contribution in [-0.4, -0.2) is 30.0 Å². The fraction of sp³-hybridized carbons (Fsp3) is 1.00. The van der Waals surface area contributed by atoms with Gasteiger partial charge in [-0.1, -0.05) is 15.9 Å². The summed E-state index contributed by atoms with van der Waals surface area (Å²) in [6, 6.07) is 0. The number of aliphatic hydroxyl groups is 1. The summed E-state index contributed by atoms with van der Waals surface area (Å²) in [7, 11) is 0. The Morgan fingerprint density at radius 1 is 1.60 bits per heavy atom. The van der Waals surface area contributed by atoms with Crippen molar-refractivity contribution in [1.82, 2.24) is 0 Å². The summed E-state index contributed by atoms with van der Waals surface area (Å²) in [6.45, 7) is 0.252. The van der Waals surface area contributed by atoms with Crippen LogP contribution in [0.1, 0.15) is 12.8 Å². The predicted octanol–water partition coefficient (Wildman–Crippen LogP) is 1.47. The van der Waals surface area contributed by atoms with Crippen LogP contribution in [0.25, 0.3) is 0 Å². The molecule has 0 heterocycles. The minimum Gasteiger partial charge on any atom is -0.396 e. The number of rotatable bonds is 6. The van der Waals surface area contributed by atoms with Gasteiger partial charge in [0.25, 0.3) is 0 Å². The molecule has 10 heavy (non-hydrogen) atoms. The van der Waals surface area contributed by atoms with E-state index in [1.54, 1.807) is 0 Å². The van der Waals surface area contributed by atoms with Crippen LogP contribution >= 0.6 is 15.9 Å². The Bertz CT molecular complexity index is 72.8.